The number of ketones is 1. The zero-order chi connectivity index (χ0) is 14.2. The van der Waals surface area contributed by atoms with Gasteiger partial charge in [-0.25, -0.2) is 0 Å². The maximum absolute atomic E-state index is 12.0. The Morgan fingerprint density at radius 1 is 1.26 bits per heavy atom. The molecule has 0 aromatic heterocycles. The molecule has 19 heavy (non-hydrogen) atoms. The van der Waals surface area contributed by atoms with Gasteiger partial charge in [-0.2, -0.15) is 0 Å². The number of carbonyl (C=O) groups excluding carboxylic acids is 1. The number of nitrogens with two attached hydrogens (primary N) is 1. The first-order valence-electron chi connectivity index (χ1n) is 5.59. The highest BCUT2D eigenvalue weighted by Crippen LogP contribution is 2.39. The molecule has 6 nitrogen and oxygen atoms in total. The van der Waals surface area contributed by atoms with Crippen molar-refractivity contribution < 1.29 is 24.1 Å². The monoisotopic (exact) mass is 265 g/mol. The fourth-order valence-corrected chi connectivity index (χ4v) is 1.98. The molecule has 1 aliphatic heterocycles. The lowest BCUT2D eigenvalue weighted by atomic mass is 9.91. The van der Waals surface area contributed by atoms with Crippen molar-refractivity contribution in [1.29, 1.82) is 0 Å². The predicted molar refractivity (Wildman–Crippen MR) is 66.8 cm³/mol. The molecule has 0 saturated carbocycles. The van der Waals surface area contributed by atoms with Crippen LogP contribution in [0.2, 0.25) is 0 Å². The van der Waals surface area contributed by atoms with E-state index < -0.39 is 17.1 Å². The van der Waals surface area contributed by atoms with E-state index in [2.05, 4.69) is 0 Å². The molecule has 1 heterocycles. The molecule has 1 aromatic carbocycles. The Morgan fingerprint density at radius 3 is 2.37 bits per heavy atom. The van der Waals surface area contributed by atoms with Gasteiger partial charge in [-0.1, -0.05) is 6.07 Å². The second-order valence-corrected chi connectivity index (χ2v) is 4.25. The van der Waals surface area contributed by atoms with Gasteiger partial charge >= 0.3 is 0 Å². The summed E-state index contributed by atoms with van der Waals surface area (Å²) in [6.45, 7) is 1.53. The van der Waals surface area contributed by atoms with Crippen LogP contribution in [-0.4, -0.2) is 25.1 Å². The van der Waals surface area contributed by atoms with E-state index in [1.807, 2.05) is 0 Å². The van der Waals surface area contributed by atoms with Crippen molar-refractivity contribution in [2.45, 2.75) is 12.5 Å². The van der Waals surface area contributed by atoms with E-state index in [0.29, 0.717) is 17.1 Å². The third-order valence-electron chi connectivity index (χ3n) is 3.13. The summed E-state index contributed by atoms with van der Waals surface area (Å²) >= 11 is 0. The van der Waals surface area contributed by atoms with Crippen LogP contribution in [0.1, 0.15) is 12.5 Å². The average Bonchev–Trinajstić information content (AvgIpc) is 2.62. The second kappa shape index (κ2) is 4.38. The molecule has 1 unspecified atom stereocenters. The van der Waals surface area contributed by atoms with Gasteiger partial charge in [0.15, 0.2) is 17.1 Å². The first kappa shape index (κ1) is 13.1. The Hall–Kier alpha value is -2.37. The summed E-state index contributed by atoms with van der Waals surface area (Å²) in [5.41, 5.74) is 4.60. The van der Waals surface area contributed by atoms with E-state index in [1.54, 1.807) is 18.2 Å². The van der Waals surface area contributed by atoms with Gasteiger partial charge in [0.1, 0.15) is 0 Å². The lowest BCUT2D eigenvalue weighted by molar-refractivity contribution is -0.131. The molecule has 0 amide bonds. The minimum Gasteiger partial charge on any atom is -0.501 e. The summed E-state index contributed by atoms with van der Waals surface area (Å²) in [6, 6.07) is 4.93. The van der Waals surface area contributed by atoms with Crippen molar-refractivity contribution in [2.24, 2.45) is 5.73 Å². The standard InChI is InChI=1S/C13H15NO5/c1-13(11(16)10(15)12(14)19-13)7-4-5-8(17-2)9(6-7)18-3/h4-6,15H,14H2,1-3H3. The third-order valence-corrected chi connectivity index (χ3v) is 3.13. The van der Waals surface area contributed by atoms with Gasteiger partial charge in [0.05, 0.1) is 14.2 Å². The lowest BCUT2D eigenvalue weighted by Gasteiger charge is -2.23. The van der Waals surface area contributed by atoms with Crippen molar-refractivity contribution in [3.63, 3.8) is 0 Å². The number of hydrogen-bond acceptors (Lipinski definition) is 6. The van der Waals surface area contributed by atoms with Crippen LogP contribution in [0.25, 0.3) is 0 Å². The smallest absolute Gasteiger partial charge is 0.250 e. The largest absolute Gasteiger partial charge is 0.501 e. The summed E-state index contributed by atoms with van der Waals surface area (Å²) < 4.78 is 15.6. The van der Waals surface area contributed by atoms with Crippen LogP contribution >= 0.6 is 0 Å². The number of benzene rings is 1. The van der Waals surface area contributed by atoms with E-state index >= 15 is 0 Å². The van der Waals surface area contributed by atoms with Crippen LogP contribution < -0.4 is 15.2 Å². The quantitative estimate of drug-likeness (QED) is 0.853. The predicted octanol–water partition coefficient (Wildman–Crippen LogP) is 1.20. The highest BCUT2D eigenvalue weighted by molar-refractivity contribution is 6.02. The SMILES string of the molecule is COc1ccc(C2(C)OC(N)=C(O)C2=O)cc1OC. The molecule has 1 atom stereocenters. The van der Waals surface area contributed by atoms with Gasteiger partial charge in [0, 0.05) is 5.56 Å². The Morgan fingerprint density at radius 2 is 1.89 bits per heavy atom. The number of aliphatic hydroxyl groups is 1. The molecule has 0 aliphatic carbocycles. The first-order chi connectivity index (χ1) is 8.93. The minimum absolute atomic E-state index is 0.276. The number of aliphatic hydroxyl groups excluding tert-OH is 1. The van der Waals surface area contributed by atoms with Gasteiger partial charge in [0.2, 0.25) is 11.6 Å². The number of hydrogen-bond donors (Lipinski definition) is 2. The maximum atomic E-state index is 12.0. The van der Waals surface area contributed by atoms with Crippen molar-refractivity contribution in [1.82, 2.24) is 0 Å². The zero-order valence-electron chi connectivity index (χ0n) is 10.9. The fraction of sp³-hybridized carbons (Fsp3) is 0.308. The number of carbonyl (C=O) groups is 1. The van der Waals surface area contributed by atoms with Crippen molar-refractivity contribution in [3.05, 3.63) is 35.4 Å². The molecule has 3 N–H and O–H groups in total. The summed E-state index contributed by atoms with van der Waals surface area (Å²) in [5, 5.41) is 9.51. The normalized spacial score (nSPS) is 22.4. The molecule has 0 spiro atoms. The van der Waals surface area contributed by atoms with Crippen LogP contribution in [0.3, 0.4) is 0 Å². The van der Waals surface area contributed by atoms with Crippen molar-refractivity contribution in [3.8, 4) is 11.5 Å². The Kier molecular flexibility index (Phi) is 3.01. The summed E-state index contributed by atoms with van der Waals surface area (Å²) in [5.74, 6) is -0.426. The fourth-order valence-electron chi connectivity index (χ4n) is 1.98. The molecule has 1 aliphatic rings. The number of methoxy groups -OCH3 is 2. The molecule has 0 bridgehead atoms. The van der Waals surface area contributed by atoms with Gasteiger partial charge in [0.25, 0.3) is 5.78 Å². The first-order valence-corrected chi connectivity index (χ1v) is 5.59. The van der Waals surface area contributed by atoms with Crippen molar-refractivity contribution >= 4 is 5.78 Å². The Bertz CT molecular complexity index is 566. The topological polar surface area (TPSA) is 91.0 Å². The van der Waals surface area contributed by atoms with E-state index in [9.17, 15) is 9.90 Å². The lowest BCUT2D eigenvalue weighted by Crippen LogP contribution is -2.31. The molecule has 0 radical (unpaired) electrons. The van der Waals surface area contributed by atoms with Crippen LogP contribution in [0, 0.1) is 0 Å². The third kappa shape index (κ3) is 1.85. The van der Waals surface area contributed by atoms with E-state index in [1.165, 1.54) is 21.1 Å². The molecular weight excluding hydrogens is 250 g/mol. The average molecular weight is 265 g/mol. The van der Waals surface area contributed by atoms with Crippen LogP contribution in [0.4, 0.5) is 0 Å². The molecular formula is C13H15NO5. The van der Waals surface area contributed by atoms with Crippen LogP contribution in [0.15, 0.2) is 29.8 Å². The molecule has 1 aromatic rings. The second-order valence-electron chi connectivity index (χ2n) is 4.25. The van der Waals surface area contributed by atoms with Gasteiger partial charge in [-0.15, -0.1) is 0 Å². The molecule has 6 heteroatoms. The highest BCUT2D eigenvalue weighted by Gasteiger charge is 2.47. The molecule has 102 valence electrons. The Balaban J connectivity index is 2.46. The van der Waals surface area contributed by atoms with Gasteiger partial charge in [-0.05, 0) is 19.1 Å². The van der Waals surface area contributed by atoms with Crippen LogP contribution in [0.5, 0.6) is 11.5 Å². The maximum Gasteiger partial charge on any atom is 0.250 e. The zero-order valence-corrected chi connectivity index (χ0v) is 10.9. The molecule has 2 rings (SSSR count). The van der Waals surface area contributed by atoms with Crippen molar-refractivity contribution in [2.75, 3.05) is 14.2 Å². The van der Waals surface area contributed by atoms with Gasteiger partial charge < -0.3 is 25.1 Å². The number of rotatable bonds is 3. The molecule has 0 fully saturated rings. The highest BCUT2D eigenvalue weighted by atomic mass is 16.5. The number of Topliss-reactive ketones (excluding diaryl/α,β-unsaturated/α-hetero) is 1. The Labute approximate surface area is 110 Å². The number of ether oxygens (including phenoxy) is 3. The summed E-state index contributed by atoms with van der Waals surface area (Å²) in [4.78, 5) is 12.0. The van der Waals surface area contributed by atoms with Gasteiger partial charge in [-0.3, -0.25) is 4.79 Å². The van der Waals surface area contributed by atoms with E-state index in [0.717, 1.165) is 0 Å². The van der Waals surface area contributed by atoms with E-state index in [-0.39, 0.29) is 5.88 Å². The summed E-state index contributed by atoms with van der Waals surface area (Å²) in [6.07, 6.45) is 0. The summed E-state index contributed by atoms with van der Waals surface area (Å²) in [7, 11) is 3.01. The van der Waals surface area contributed by atoms with E-state index in [4.69, 9.17) is 19.9 Å². The van der Waals surface area contributed by atoms with Crippen LogP contribution in [-0.2, 0) is 15.1 Å². The minimum atomic E-state index is -1.35. The molecule has 0 saturated heterocycles.